The molecular formula is C23H41NO5S. The van der Waals surface area contributed by atoms with Gasteiger partial charge in [0.2, 0.25) is 10.0 Å². The summed E-state index contributed by atoms with van der Waals surface area (Å²) in [7, 11) is -3.55. The second-order valence-corrected chi connectivity index (χ2v) is 9.36. The van der Waals surface area contributed by atoms with Gasteiger partial charge in [-0.05, 0) is 57.4 Å². The summed E-state index contributed by atoms with van der Waals surface area (Å²) in [6.07, 6.45) is 3.03. The number of nitrogens with zero attached hydrogens (tertiary/aromatic N) is 1. The molecule has 0 aromatic heterocycles. The highest BCUT2D eigenvalue weighted by atomic mass is 32.2. The molecule has 30 heavy (non-hydrogen) atoms. The molecule has 0 saturated carbocycles. The van der Waals surface area contributed by atoms with Crippen molar-refractivity contribution in [1.29, 1.82) is 0 Å². The predicted molar refractivity (Wildman–Crippen MR) is 122 cm³/mol. The van der Waals surface area contributed by atoms with E-state index in [0.29, 0.717) is 31.7 Å². The number of hydrogen-bond acceptors (Lipinski definition) is 5. The van der Waals surface area contributed by atoms with Crippen molar-refractivity contribution in [3.8, 4) is 0 Å². The van der Waals surface area contributed by atoms with Crippen molar-refractivity contribution in [2.24, 2.45) is 0 Å². The Labute approximate surface area is 184 Å². The van der Waals surface area contributed by atoms with E-state index in [1.165, 1.54) is 28.6 Å². The fourth-order valence-electron chi connectivity index (χ4n) is 2.69. The van der Waals surface area contributed by atoms with E-state index in [2.05, 4.69) is 0 Å². The Bertz CT molecular complexity index is 693. The summed E-state index contributed by atoms with van der Waals surface area (Å²) in [5.74, 6) is -0.464. The van der Waals surface area contributed by atoms with Crippen LogP contribution in [0.3, 0.4) is 0 Å². The van der Waals surface area contributed by atoms with Gasteiger partial charge in [-0.2, -0.15) is 4.31 Å². The first-order chi connectivity index (χ1) is 14.2. The maximum Gasteiger partial charge on any atom is 0.338 e. The minimum absolute atomic E-state index is 0.194. The largest absolute Gasteiger partial charge is 0.462 e. The lowest BCUT2D eigenvalue weighted by Gasteiger charge is -2.24. The summed E-state index contributed by atoms with van der Waals surface area (Å²) in [5.41, 5.74) is -0.0141. The van der Waals surface area contributed by atoms with Gasteiger partial charge in [0, 0.05) is 26.1 Å². The molecule has 1 aromatic carbocycles. The zero-order chi connectivity index (χ0) is 23.2. The Morgan fingerprint density at radius 2 is 1.47 bits per heavy atom. The van der Waals surface area contributed by atoms with Crippen LogP contribution < -0.4 is 0 Å². The molecule has 0 aliphatic rings. The van der Waals surface area contributed by atoms with Crippen molar-refractivity contribution in [2.75, 3.05) is 26.3 Å². The van der Waals surface area contributed by atoms with Gasteiger partial charge in [0.1, 0.15) is 0 Å². The minimum Gasteiger partial charge on any atom is -0.462 e. The number of esters is 1. The molecule has 0 atom stereocenters. The van der Waals surface area contributed by atoms with Gasteiger partial charge in [-0.25, -0.2) is 13.2 Å². The maximum absolute atomic E-state index is 12.8. The van der Waals surface area contributed by atoms with E-state index in [4.69, 9.17) is 9.47 Å². The normalized spacial score (nSPS) is 11.7. The van der Waals surface area contributed by atoms with Gasteiger partial charge >= 0.3 is 5.97 Å². The Morgan fingerprint density at radius 1 is 0.933 bits per heavy atom. The van der Waals surface area contributed by atoms with E-state index >= 15 is 0 Å². The molecule has 1 rings (SSSR count). The van der Waals surface area contributed by atoms with Gasteiger partial charge in [-0.3, -0.25) is 0 Å². The van der Waals surface area contributed by atoms with Crippen LogP contribution in [0.4, 0.5) is 0 Å². The van der Waals surface area contributed by atoms with E-state index in [0.717, 1.165) is 19.3 Å². The number of carbonyl (C=O) groups is 1. The van der Waals surface area contributed by atoms with E-state index in [1.807, 2.05) is 48.5 Å². The van der Waals surface area contributed by atoms with Crippen LogP contribution in [0.5, 0.6) is 0 Å². The molecule has 0 heterocycles. The molecule has 6 nitrogen and oxygen atoms in total. The third kappa shape index (κ3) is 9.58. The lowest BCUT2D eigenvalue weighted by Crippen LogP contribution is -2.32. The lowest BCUT2D eigenvalue weighted by atomic mass is 10.1. The van der Waals surface area contributed by atoms with Gasteiger partial charge in [-0.1, -0.05) is 34.6 Å². The monoisotopic (exact) mass is 443 g/mol. The first-order valence-electron chi connectivity index (χ1n) is 11.1. The summed E-state index contributed by atoms with van der Waals surface area (Å²) in [6, 6.07) is 5.95. The molecule has 0 N–H and O–H groups in total. The third-order valence-electron chi connectivity index (χ3n) is 4.31. The lowest BCUT2D eigenvalue weighted by molar-refractivity contribution is -0.0358. The molecule has 174 valence electrons. The number of rotatable bonds is 13. The number of carbonyl (C=O) groups excluding carboxylic acids is 1. The first-order valence-corrected chi connectivity index (χ1v) is 12.5. The van der Waals surface area contributed by atoms with E-state index < -0.39 is 16.0 Å². The molecule has 7 heteroatoms. The van der Waals surface area contributed by atoms with Crippen LogP contribution in [-0.4, -0.2) is 50.6 Å². The molecule has 0 spiro atoms. The Hall–Kier alpha value is -1.44. The molecule has 1 aromatic rings. The smallest absolute Gasteiger partial charge is 0.338 e. The van der Waals surface area contributed by atoms with Gasteiger partial charge in [0.05, 0.1) is 22.7 Å². The topological polar surface area (TPSA) is 72.9 Å². The van der Waals surface area contributed by atoms with Crippen molar-refractivity contribution in [2.45, 2.75) is 84.6 Å². The average Bonchev–Trinajstić information content (AvgIpc) is 2.73. The van der Waals surface area contributed by atoms with Crippen LogP contribution in [0.15, 0.2) is 29.2 Å². The number of hydrogen-bond donors (Lipinski definition) is 0. The molecular weight excluding hydrogens is 402 g/mol. The van der Waals surface area contributed by atoms with Crippen LogP contribution in [-0.2, 0) is 19.5 Å². The second-order valence-electron chi connectivity index (χ2n) is 7.42. The Morgan fingerprint density at radius 3 is 1.93 bits per heavy atom. The fraction of sp³-hybridized carbons (Fsp3) is 0.696. The molecule has 0 unspecified atom stereocenters. The molecule has 0 bridgehead atoms. The van der Waals surface area contributed by atoms with Gasteiger partial charge in [-0.15, -0.1) is 0 Å². The molecule has 0 fully saturated rings. The molecule has 0 saturated heterocycles. The number of benzene rings is 1. The van der Waals surface area contributed by atoms with Crippen LogP contribution in [0.2, 0.25) is 0 Å². The quantitative estimate of drug-likeness (QED) is 0.388. The highest BCUT2D eigenvalue weighted by Crippen LogP contribution is 2.19. The summed E-state index contributed by atoms with van der Waals surface area (Å²) in [4.78, 5) is 12.4. The third-order valence-corrected chi connectivity index (χ3v) is 6.22. The zero-order valence-electron chi connectivity index (χ0n) is 19.9. The first kappa shape index (κ1) is 28.6. The molecule has 0 amide bonds. The SMILES string of the molecule is CC.CCCOC(C)(C)CCOC(=O)c1ccc(S(=O)(=O)N(CCC)CCC)cc1. The molecule has 0 aliphatic heterocycles. The van der Waals surface area contributed by atoms with Crippen molar-refractivity contribution in [1.82, 2.24) is 4.31 Å². The standard InChI is InChI=1S/C21H35NO5S.C2H6/c1-6-14-22(15-7-2)28(24,25)19-11-9-18(10-12-19)20(23)26-17-13-21(4,5)27-16-8-3;1-2/h9-12H,6-8,13-17H2,1-5H3;1-2H3. The van der Waals surface area contributed by atoms with Crippen molar-refractivity contribution >= 4 is 16.0 Å². The van der Waals surface area contributed by atoms with Gasteiger partial charge < -0.3 is 9.47 Å². The van der Waals surface area contributed by atoms with E-state index in [-0.39, 0.29) is 17.1 Å². The second kappa shape index (κ2) is 14.5. The summed E-state index contributed by atoms with van der Waals surface area (Å²) < 4.78 is 38.0. The molecule has 0 aliphatic carbocycles. The van der Waals surface area contributed by atoms with Gasteiger partial charge in [0.15, 0.2) is 0 Å². The Kier molecular flexibility index (Phi) is 13.8. The number of ether oxygens (including phenoxy) is 2. The van der Waals surface area contributed by atoms with Crippen molar-refractivity contribution in [3.05, 3.63) is 29.8 Å². The van der Waals surface area contributed by atoms with Crippen LogP contribution in [0, 0.1) is 0 Å². The summed E-state index contributed by atoms with van der Waals surface area (Å²) >= 11 is 0. The number of sulfonamides is 1. The summed E-state index contributed by atoms with van der Waals surface area (Å²) in [5, 5.41) is 0. The summed E-state index contributed by atoms with van der Waals surface area (Å²) in [6.45, 7) is 15.8. The molecule has 0 radical (unpaired) electrons. The van der Waals surface area contributed by atoms with Crippen LogP contribution in [0.25, 0.3) is 0 Å². The zero-order valence-corrected chi connectivity index (χ0v) is 20.7. The Balaban J connectivity index is 0.00000407. The van der Waals surface area contributed by atoms with Gasteiger partial charge in [0.25, 0.3) is 0 Å². The van der Waals surface area contributed by atoms with Crippen LogP contribution in [0.1, 0.15) is 84.5 Å². The highest BCUT2D eigenvalue weighted by molar-refractivity contribution is 7.89. The van der Waals surface area contributed by atoms with Crippen LogP contribution >= 0.6 is 0 Å². The van der Waals surface area contributed by atoms with Crippen molar-refractivity contribution in [3.63, 3.8) is 0 Å². The van der Waals surface area contributed by atoms with Crippen molar-refractivity contribution < 1.29 is 22.7 Å². The van der Waals surface area contributed by atoms with E-state index in [1.54, 1.807) is 0 Å². The fourth-order valence-corrected chi connectivity index (χ4v) is 4.31. The maximum atomic E-state index is 12.8. The average molecular weight is 444 g/mol. The minimum atomic E-state index is -3.55. The highest BCUT2D eigenvalue weighted by Gasteiger charge is 2.23. The predicted octanol–water partition coefficient (Wildman–Crippen LogP) is 5.28. The van der Waals surface area contributed by atoms with E-state index in [9.17, 15) is 13.2 Å².